The highest BCUT2D eigenvalue weighted by Crippen LogP contribution is 2.63. The van der Waals surface area contributed by atoms with E-state index in [1.807, 2.05) is 11.3 Å². The van der Waals surface area contributed by atoms with E-state index >= 15 is 0 Å². The van der Waals surface area contributed by atoms with Crippen molar-refractivity contribution in [2.45, 2.75) is 140 Å². The second kappa shape index (κ2) is 13.7. The van der Waals surface area contributed by atoms with Gasteiger partial charge in [-0.15, -0.1) is 11.3 Å². The average molecular weight is 772 g/mol. The molecule has 0 bridgehead atoms. The second-order valence-corrected chi connectivity index (χ2v) is 21.3. The number of hydrogen-bond acceptors (Lipinski definition) is 4. The Morgan fingerprint density at radius 3 is 2.30 bits per heavy atom. The van der Waals surface area contributed by atoms with Gasteiger partial charge in [0.1, 0.15) is 0 Å². The van der Waals surface area contributed by atoms with Crippen molar-refractivity contribution in [1.29, 1.82) is 0 Å². The minimum Gasteiger partial charge on any atom is -0.338 e. The van der Waals surface area contributed by atoms with Crippen molar-refractivity contribution in [3.8, 4) is 0 Å². The maximum atomic E-state index is 5.84. The van der Waals surface area contributed by atoms with Crippen LogP contribution in [0.25, 0.3) is 31.1 Å². The first-order valence-electron chi connectivity index (χ1n) is 22.8. The fourth-order valence-electron chi connectivity index (χ4n) is 14.4. The molecule has 6 aromatic rings. The van der Waals surface area contributed by atoms with E-state index in [1.165, 1.54) is 110 Å². The standard InChI is InChI=1S/C53H61N3S/c1-51(2)41-20-10-11-21-42(41)52(3)30-29-34(32-47(51)52)48-40-17-8-12-23-44(40)54-50(55-48)56-31-14-6-5-7-22-43-45(56)28-27-36-26-25-35(33-53(36,43)4)37-18-15-19-39-38-16-9-13-24-46(38)57-49(37)39/h8-13,15-21,23-24,34-36,43,45,47H,5-7,14,22,25-33H2,1-4H3/t34?,35-,36?,43?,45?,47?,52?,53?/m0/s1. The molecule has 11 rings (SSSR count). The molecule has 7 unspecified atom stereocenters. The molecular formula is C53H61N3S. The van der Waals surface area contributed by atoms with Crippen LogP contribution in [0.4, 0.5) is 5.95 Å². The summed E-state index contributed by atoms with van der Waals surface area (Å²) >= 11 is 2.03. The Labute approximate surface area is 344 Å². The van der Waals surface area contributed by atoms with Crippen LogP contribution < -0.4 is 4.90 Å². The first kappa shape index (κ1) is 36.3. The maximum Gasteiger partial charge on any atom is 0.226 e. The van der Waals surface area contributed by atoms with Crippen molar-refractivity contribution in [2.75, 3.05) is 11.4 Å². The predicted octanol–water partition coefficient (Wildman–Crippen LogP) is 14.3. The molecule has 294 valence electrons. The molecule has 3 saturated carbocycles. The minimum atomic E-state index is 0.151. The van der Waals surface area contributed by atoms with Gasteiger partial charge in [-0.25, -0.2) is 9.97 Å². The van der Waals surface area contributed by atoms with Crippen molar-refractivity contribution in [3.63, 3.8) is 0 Å². The molecule has 5 aliphatic rings. The number of para-hydroxylation sites is 1. The number of benzene rings is 4. The van der Waals surface area contributed by atoms with Gasteiger partial charge in [-0.3, -0.25) is 0 Å². The lowest BCUT2D eigenvalue weighted by atomic mass is 9.51. The van der Waals surface area contributed by atoms with Crippen LogP contribution in [0.5, 0.6) is 0 Å². The van der Waals surface area contributed by atoms with E-state index in [0.29, 0.717) is 35.1 Å². The molecule has 1 saturated heterocycles. The number of fused-ring (bicyclic) bond motifs is 10. The van der Waals surface area contributed by atoms with Crippen molar-refractivity contribution < 1.29 is 0 Å². The average Bonchev–Trinajstić information content (AvgIpc) is 3.73. The molecule has 8 atom stereocenters. The maximum absolute atomic E-state index is 5.84. The topological polar surface area (TPSA) is 29.0 Å². The summed E-state index contributed by atoms with van der Waals surface area (Å²) in [7, 11) is 0. The van der Waals surface area contributed by atoms with E-state index in [2.05, 4.69) is 124 Å². The molecule has 0 amide bonds. The number of hydrogen-bond donors (Lipinski definition) is 0. The third-order valence-corrected chi connectivity index (χ3v) is 18.5. The highest BCUT2D eigenvalue weighted by Gasteiger charge is 2.56. The third-order valence-electron chi connectivity index (χ3n) is 17.2. The molecular weight excluding hydrogens is 711 g/mol. The molecule has 57 heavy (non-hydrogen) atoms. The molecule has 3 heterocycles. The molecule has 3 nitrogen and oxygen atoms in total. The van der Waals surface area contributed by atoms with Gasteiger partial charge in [-0.1, -0.05) is 126 Å². The number of rotatable bonds is 3. The Kier molecular flexibility index (Phi) is 8.70. The molecule has 4 aromatic carbocycles. The smallest absolute Gasteiger partial charge is 0.226 e. The summed E-state index contributed by atoms with van der Waals surface area (Å²) in [4.78, 5) is 14.2. The van der Waals surface area contributed by atoms with Crippen molar-refractivity contribution >= 4 is 48.4 Å². The monoisotopic (exact) mass is 771 g/mol. The Morgan fingerprint density at radius 2 is 1.40 bits per heavy atom. The van der Waals surface area contributed by atoms with Gasteiger partial charge in [0.05, 0.1) is 11.2 Å². The van der Waals surface area contributed by atoms with E-state index in [1.54, 1.807) is 21.4 Å². The summed E-state index contributed by atoms with van der Waals surface area (Å²) in [5.41, 5.74) is 7.95. The number of thiophene rings is 1. The zero-order valence-electron chi connectivity index (χ0n) is 34.8. The fraction of sp³-hybridized carbons (Fsp3) is 0.509. The summed E-state index contributed by atoms with van der Waals surface area (Å²) < 4.78 is 2.97. The summed E-state index contributed by atoms with van der Waals surface area (Å²) in [5, 5.41) is 4.17. The molecule has 4 aliphatic carbocycles. The largest absolute Gasteiger partial charge is 0.338 e. The van der Waals surface area contributed by atoms with Gasteiger partial charge in [0.2, 0.25) is 5.95 Å². The summed E-state index contributed by atoms with van der Waals surface area (Å²) in [6.07, 6.45) is 16.8. The van der Waals surface area contributed by atoms with Gasteiger partial charge in [0.25, 0.3) is 0 Å². The molecule has 2 aromatic heterocycles. The van der Waals surface area contributed by atoms with Gasteiger partial charge < -0.3 is 4.90 Å². The van der Waals surface area contributed by atoms with Crippen molar-refractivity contribution in [3.05, 3.63) is 113 Å². The Morgan fingerprint density at radius 1 is 0.649 bits per heavy atom. The first-order chi connectivity index (χ1) is 27.7. The van der Waals surface area contributed by atoms with Crippen LogP contribution in [-0.2, 0) is 10.8 Å². The van der Waals surface area contributed by atoms with Gasteiger partial charge in [0, 0.05) is 44.1 Å². The Hall–Kier alpha value is -3.76. The minimum absolute atomic E-state index is 0.151. The SMILES string of the molecule is CC1(C)c2ccccc2C2(C)CCC(c3nc(N4CCCCCCC5C4CCC4CC[C@H](c6cccc7c6sc6ccccc67)CC45C)nc4ccccc34)CC12. The van der Waals surface area contributed by atoms with Crippen molar-refractivity contribution in [1.82, 2.24) is 9.97 Å². The predicted molar refractivity (Wildman–Crippen MR) is 241 cm³/mol. The quantitative estimate of drug-likeness (QED) is 0.179. The van der Waals surface area contributed by atoms with Crippen LogP contribution in [0.3, 0.4) is 0 Å². The molecule has 0 spiro atoms. The first-order valence-corrected chi connectivity index (χ1v) is 23.6. The molecule has 1 aliphatic heterocycles. The van der Waals surface area contributed by atoms with Crippen LogP contribution in [0, 0.1) is 23.2 Å². The van der Waals surface area contributed by atoms with Gasteiger partial charge in [0.15, 0.2) is 0 Å². The number of aromatic nitrogens is 2. The summed E-state index contributed by atoms with van der Waals surface area (Å²) in [5.74, 6) is 4.16. The van der Waals surface area contributed by atoms with Gasteiger partial charge in [-0.2, -0.15) is 0 Å². The lowest BCUT2D eigenvalue weighted by Crippen LogP contribution is -2.55. The Bertz CT molecular complexity index is 2480. The second-order valence-electron chi connectivity index (χ2n) is 20.3. The van der Waals surface area contributed by atoms with E-state index < -0.39 is 0 Å². The highest BCUT2D eigenvalue weighted by molar-refractivity contribution is 7.26. The van der Waals surface area contributed by atoms with Crippen LogP contribution in [0.1, 0.15) is 145 Å². The lowest BCUT2D eigenvalue weighted by Gasteiger charge is -2.57. The van der Waals surface area contributed by atoms with E-state index in [0.717, 1.165) is 23.9 Å². The number of anilines is 1. The highest BCUT2D eigenvalue weighted by atomic mass is 32.1. The Balaban J connectivity index is 0.956. The van der Waals surface area contributed by atoms with Gasteiger partial charge in [-0.05, 0) is 133 Å². The number of nitrogens with zero attached hydrogens (tertiary/aromatic N) is 3. The summed E-state index contributed by atoms with van der Waals surface area (Å²) in [6, 6.07) is 35.2. The van der Waals surface area contributed by atoms with E-state index in [4.69, 9.17) is 9.97 Å². The van der Waals surface area contributed by atoms with Crippen LogP contribution in [0.15, 0.2) is 91.0 Å². The zero-order chi connectivity index (χ0) is 38.5. The normalized spacial score (nSPS) is 32.5. The zero-order valence-corrected chi connectivity index (χ0v) is 35.6. The van der Waals surface area contributed by atoms with Gasteiger partial charge >= 0.3 is 0 Å². The molecule has 0 radical (unpaired) electrons. The third kappa shape index (κ3) is 5.62. The van der Waals surface area contributed by atoms with Crippen LogP contribution in [-0.4, -0.2) is 22.6 Å². The van der Waals surface area contributed by atoms with E-state index in [-0.39, 0.29) is 10.8 Å². The van der Waals surface area contributed by atoms with Crippen LogP contribution >= 0.6 is 11.3 Å². The van der Waals surface area contributed by atoms with Crippen LogP contribution in [0.2, 0.25) is 0 Å². The lowest BCUT2D eigenvalue weighted by molar-refractivity contribution is -0.0247. The molecule has 0 N–H and O–H groups in total. The fourth-order valence-corrected chi connectivity index (χ4v) is 15.7. The summed E-state index contributed by atoms with van der Waals surface area (Å²) in [6.45, 7) is 11.4. The molecule has 4 heteroatoms. The van der Waals surface area contributed by atoms with Crippen molar-refractivity contribution in [2.24, 2.45) is 23.2 Å². The molecule has 4 fully saturated rings. The van der Waals surface area contributed by atoms with E-state index in [9.17, 15) is 0 Å².